The average molecular weight is 418 g/mol. The Morgan fingerprint density at radius 3 is 2.00 bits per heavy atom. The summed E-state index contributed by atoms with van der Waals surface area (Å²) in [4.78, 5) is 11.4. The number of nitrogens with one attached hydrogen (secondary N) is 1. The Morgan fingerprint density at radius 1 is 1.04 bits per heavy atom. The number of halogens is 6. The molecule has 2 rings (SSSR count). The Balaban J connectivity index is 1.99. The molecule has 0 radical (unpaired) electrons. The van der Waals surface area contributed by atoms with Gasteiger partial charge in [0.05, 0.1) is 10.5 Å². The van der Waals surface area contributed by atoms with Gasteiger partial charge in [-0.05, 0) is 37.1 Å². The van der Waals surface area contributed by atoms with E-state index in [2.05, 4.69) is 0 Å². The molecule has 0 atom stereocenters. The van der Waals surface area contributed by atoms with Gasteiger partial charge in [-0.25, -0.2) is 8.42 Å². The molecule has 0 spiro atoms. The van der Waals surface area contributed by atoms with Crippen LogP contribution in [-0.2, 0) is 21.0 Å². The minimum atomic E-state index is -4.59. The van der Waals surface area contributed by atoms with Gasteiger partial charge in [0.1, 0.15) is 6.54 Å². The summed E-state index contributed by atoms with van der Waals surface area (Å²) < 4.78 is 100.0. The van der Waals surface area contributed by atoms with E-state index >= 15 is 0 Å². The highest BCUT2D eigenvalue weighted by atomic mass is 32.2. The SMILES string of the molecule is O=C(NCC(F)(F)F)C1CCN(S(=O)(=O)c2ccc(C(F)(F)F)cc2)CC1. The maximum atomic E-state index is 12.6. The quantitative estimate of drug-likeness (QED) is 0.765. The molecule has 1 heterocycles. The lowest BCUT2D eigenvalue weighted by Gasteiger charge is -2.30. The van der Waals surface area contributed by atoms with Crippen LogP contribution in [0.5, 0.6) is 0 Å². The zero-order valence-corrected chi connectivity index (χ0v) is 14.6. The zero-order chi connectivity index (χ0) is 20.5. The van der Waals surface area contributed by atoms with Crippen molar-refractivity contribution in [2.75, 3.05) is 19.6 Å². The fourth-order valence-electron chi connectivity index (χ4n) is 2.65. The lowest BCUT2D eigenvalue weighted by atomic mass is 9.97. The fraction of sp³-hybridized carbons (Fsp3) is 0.533. The molecule has 0 saturated carbocycles. The van der Waals surface area contributed by atoms with Gasteiger partial charge in [0.2, 0.25) is 15.9 Å². The highest BCUT2D eigenvalue weighted by molar-refractivity contribution is 7.89. The first-order valence-electron chi connectivity index (χ1n) is 7.82. The highest BCUT2D eigenvalue weighted by Crippen LogP contribution is 2.31. The molecule has 27 heavy (non-hydrogen) atoms. The molecule has 1 amide bonds. The second kappa shape index (κ2) is 7.66. The summed E-state index contributed by atoms with van der Waals surface area (Å²) in [5, 5.41) is 1.76. The second-order valence-electron chi connectivity index (χ2n) is 6.03. The Kier molecular flexibility index (Phi) is 6.10. The van der Waals surface area contributed by atoms with Gasteiger partial charge in [-0.3, -0.25) is 4.79 Å². The smallest absolute Gasteiger partial charge is 0.347 e. The lowest BCUT2D eigenvalue weighted by molar-refractivity contribution is -0.141. The second-order valence-corrected chi connectivity index (χ2v) is 7.97. The molecule has 1 N–H and O–H groups in total. The number of carbonyl (C=O) groups excluding carboxylic acids is 1. The molecular weight excluding hydrogens is 402 g/mol. The minimum Gasteiger partial charge on any atom is -0.347 e. The third-order valence-corrected chi connectivity index (χ3v) is 6.02. The third kappa shape index (κ3) is 5.58. The number of hydrogen-bond donors (Lipinski definition) is 1. The van der Waals surface area contributed by atoms with Gasteiger partial charge in [-0.15, -0.1) is 0 Å². The van der Waals surface area contributed by atoms with Gasteiger partial charge in [0, 0.05) is 19.0 Å². The van der Waals surface area contributed by atoms with Crippen LogP contribution in [0.15, 0.2) is 29.2 Å². The van der Waals surface area contributed by atoms with Crippen molar-refractivity contribution in [3.05, 3.63) is 29.8 Å². The number of sulfonamides is 1. The average Bonchev–Trinajstić information content (AvgIpc) is 2.58. The number of nitrogens with zero attached hydrogens (tertiary/aromatic N) is 1. The van der Waals surface area contributed by atoms with E-state index in [1.54, 1.807) is 5.32 Å². The summed E-state index contributed by atoms with van der Waals surface area (Å²) in [6.45, 7) is -1.70. The van der Waals surface area contributed by atoms with Crippen LogP contribution in [0.3, 0.4) is 0 Å². The Morgan fingerprint density at radius 2 is 1.56 bits per heavy atom. The Labute approximate surface area is 151 Å². The van der Waals surface area contributed by atoms with Gasteiger partial charge < -0.3 is 5.32 Å². The van der Waals surface area contributed by atoms with Crippen LogP contribution in [0.1, 0.15) is 18.4 Å². The van der Waals surface area contributed by atoms with Crippen molar-refractivity contribution in [3.63, 3.8) is 0 Å². The van der Waals surface area contributed by atoms with Crippen molar-refractivity contribution in [3.8, 4) is 0 Å². The summed E-state index contributed by atoms with van der Waals surface area (Å²) in [5.74, 6) is -1.56. The number of amides is 1. The molecule has 0 bridgehead atoms. The molecule has 1 saturated heterocycles. The monoisotopic (exact) mass is 418 g/mol. The fourth-order valence-corrected chi connectivity index (χ4v) is 4.12. The highest BCUT2D eigenvalue weighted by Gasteiger charge is 2.35. The summed E-state index contributed by atoms with van der Waals surface area (Å²) in [6, 6.07) is 3.01. The van der Waals surface area contributed by atoms with Crippen LogP contribution in [0.2, 0.25) is 0 Å². The predicted molar refractivity (Wildman–Crippen MR) is 82.0 cm³/mol. The van der Waals surface area contributed by atoms with Crippen molar-refractivity contribution in [1.82, 2.24) is 9.62 Å². The molecule has 5 nitrogen and oxygen atoms in total. The van der Waals surface area contributed by atoms with E-state index in [0.29, 0.717) is 12.1 Å². The first kappa shape index (κ1) is 21.5. The van der Waals surface area contributed by atoms with E-state index in [4.69, 9.17) is 0 Å². The van der Waals surface area contributed by atoms with Crippen LogP contribution in [0.4, 0.5) is 26.3 Å². The summed E-state index contributed by atoms with van der Waals surface area (Å²) >= 11 is 0. The molecule has 1 fully saturated rings. The van der Waals surface area contributed by atoms with Crippen molar-refractivity contribution >= 4 is 15.9 Å². The summed E-state index contributed by atoms with van der Waals surface area (Å²) in [7, 11) is -4.05. The van der Waals surface area contributed by atoms with Crippen LogP contribution in [0.25, 0.3) is 0 Å². The number of alkyl halides is 6. The molecule has 0 aliphatic carbocycles. The van der Waals surface area contributed by atoms with E-state index < -0.39 is 46.3 Å². The zero-order valence-electron chi connectivity index (χ0n) is 13.8. The van der Waals surface area contributed by atoms with Gasteiger partial charge >= 0.3 is 12.4 Å². The molecule has 0 unspecified atom stereocenters. The molecule has 152 valence electrons. The maximum absolute atomic E-state index is 12.6. The molecule has 1 aliphatic heterocycles. The van der Waals surface area contributed by atoms with E-state index in [1.165, 1.54) is 0 Å². The first-order valence-corrected chi connectivity index (χ1v) is 9.26. The molecule has 1 aromatic carbocycles. The van der Waals surface area contributed by atoms with Crippen molar-refractivity contribution < 1.29 is 39.6 Å². The van der Waals surface area contributed by atoms with Gasteiger partial charge in [0.15, 0.2) is 0 Å². The summed E-state index contributed by atoms with van der Waals surface area (Å²) in [6.07, 6.45) is -9.10. The maximum Gasteiger partial charge on any atom is 0.416 e. The van der Waals surface area contributed by atoms with Gasteiger partial charge in [-0.2, -0.15) is 30.6 Å². The topological polar surface area (TPSA) is 66.5 Å². The number of carbonyl (C=O) groups is 1. The van der Waals surface area contributed by atoms with Crippen LogP contribution in [-0.4, -0.2) is 44.4 Å². The third-order valence-electron chi connectivity index (χ3n) is 4.11. The molecule has 1 aromatic rings. The largest absolute Gasteiger partial charge is 0.416 e. The number of benzene rings is 1. The van der Waals surface area contributed by atoms with Crippen LogP contribution < -0.4 is 5.32 Å². The normalized spacial score (nSPS) is 17.7. The first-order chi connectivity index (χ1) is 12.3. The molecule has 12 heteroatoms. The molecule has 0 aromatic heterocycles. The van der Waals surface area contributed by atoms with E-state index in [-0.39, 0.29) is 30.8 Å². The Hall–Kier alpha value is -1.82. The van der Waals surface area contributed by atoms with Crippen molar-refractivity contribution in [1.29, 1.82) is 0 Å². The minimum absolute atomic E-state index is 0.0174. The lowest BCUT2D eigenvalue weighted by Crippen LogP contribution is -2.44. The predicted octanol–water partition coefficient (Wildman–Crippen LogP) is 2.78. The number of rotatable bonds is 4. The van der Waals surface area contributed by atoms with Gasteiger partial charge in [-0.1, -0.05) is 0 Å². The van der Waals surface area contributed by atoms with E-state index in [1.807, 2.05) is 0 Å². The van der Waals surface area contributed by atoms with Crippen molar-refractivity contribution in [2.45, 2.75) is 30.1 Å². The van der Waals surface area contributed by atoms with Crippen molar-refractivity contribution in [2.24, 2.45) is 5.92 Å². The van der Waals surface area contributed by atoms with E-state index in [9.17, 15) is 39.6 Å². The Bertz CT molecular complexity index is 766. The van der Waals surface area contributed by atoms with Gasteiger partial charge in [0.25, 0.3) is 0 Å². The number of hydrogen-bond acceptors (Lipinski definition) is 3. The van der Waals surface area contributed by atoms with Crippen LogP contribution in [0, 0.1) is 5.92 Å². The van der Waals surface area contributed by atoms with E-state index in [0.717, 1.165) is 16.4 Å². The molecule has 1 aliphatic rings. The molecular formula is C15H16F6N2O3S. The standard InChI is InChI=1S/C15H16F6N2O3S/c16-14(17,18)9-22-13(24)10-5-7-23(8-6-10)27(25,26)12-3-1-11(2-4-12)15(19,20)21/h1-4,10H,5-9H2,(H,22,24). The summed E-state index contributed by atoms with van der Waals surface area (Å²) in [5.41, 5.74) is -0.985. The number of piperidine rings is 1. The van der Waals surface area contributed by atoms with Crippen LogP contribution >= 0.6 is 0 Å².